The van der Waals surface area contributed by atoms with Gasteiger partial charge in [0.2, 0.25) is 5.91 Å². The van der Waals surface area contributed by atoms with Crippen LogP contribution in [0.25, 0.3) is 0 Å². The van der Waals surface area contributed by atoms with Gasteiger partial charge in [0, 0.05) is 23.7 Å². The average molecular weight is 290 g/mol. The first-order valence-corrected chi connectivity index (χ1v) is 8.07. The first-order valence-electron chi connectivity index (χ1n) is 8.07. The fraction of sp³-hybridized carbons (Fsp3) is 0.688. The van der Waals surface area contributed by atoms with E-state index in [9.17, 15) is 14.4 Å². The lowest BCUT2D eigenvalue weighted by Gasteiger charge is -2.25. The van der Waals surface area contributed by atoms with Gasteiger partial charge in [-0.05, 0) is 32.1 Å². The summed E-state index contributed by atoms with van der Waals surface area (Å²) < 4.78 is 2.68. The highest BCUT2D eigenvalue weighted by atomic mass is 16.2. The summed E-state index contributed by atoms with van der Waals surface area (Å²) in [6, 6.07) is -0.0273. The predicted octanol–water partition coefficient (Wildman–Crippen LogP) is 2.05. The third-order valence-corrected chi connectivity index (χ3v) is 4.82. The summed E-state index contributed by atoms with van der Waals surface area (Å²) in [5.41, 5.74) is 0.824. The molecule has 114 valence electrons. The molecular formula is C16H22N2O3. The van der Waals surface area contributed by atoms with E-state index in [-0.39, 0.29) is 23.9 Å². The Kier molecular flexibility index (Phi) is 3.83. The molecule has 0 spiro atoms. The minimum Gasteiger partial charge on any atom is -0.274 e. The minimum atomic E-state index is -0.403. The van der Waals surface area contributed by atoms with Crippen molar-refractivity contribution >= 4 is 5.91 Å². The van der Waals surface area contributed by atoms with Gasteiger partial charge in [0.05, 0.1) is 0 Å². The molecule has 1 heterocycles. The summed E-state index contributed by atoms with van der Waals surface area (Å²) in [6.07, 6.45) is 7.51. The molecule has 21 heavy (non-hydrogen) atoms. The van der Waals surface area contributed by atoms with Crippen LogP contribution in [-0.2, 0) is 12.8 Å². The molecular weight excluding hydrogens is 268 g/mol. The third-order valence-electron chi connectivity index (χ3n) is 4.82. The Labute approximate surface area is 123 Å². The molecule has 5 nitrogen and oxygen atoms in total. The number of rotatable bonds is 2. The SMILES string of the molecule is CCC(=O)n1c2c(c(=O)n(C3CCCCC3)c1=O)CCC2. The first-order chi connectivity index (χ1) is 10.1. The van der Waals surface area contributed by atoms with Gasteiger partial charge in [-0.1, -0.05) is 26.2 Å². The van der Waals surface area contributed by atoms with Crippen LogP contribution >= 0.6 is 0 Å². The average Bonchev–Trinajstić information content (AvgIpc) is 2.97. The largest absolute Gasteiger partial charge is 0.338 e. The van der Waals surface area contributed by atoms with Crippen LogP contribution in [0, 0.1) is 0 Å². The maximum absolute atomic E-state index is 12.8. The lowest BCUT2D eigenvalue weighted by molar-refractivity contribution is 0.0895. The third kappa shape index (κ3) is 2.28. The van der Waals surface area contributed by atoms with E-state index < -0.39 is 5.69 Å². The second-order valence-corrected chi connectivity index (χ2v) is 6.11. The fourth-order valence-corrected chi connectivity index (χ4v) is 3.74. The van der Waals surface area contributed by atoms with Gasteiger partial charge in [-0.15, -0.1) is 0 Å². The van der Waals surface area contributed by atoms with Gasteiger partial charge in [0.1, 0.15) is 0 Å². The van der Waals surface area contributed by atoms with Crippen LogP contribution in [0.4, 0.5) is 0 Å². The lowest BCUT2D eigenvalue weighted by Crippen LogP contribution is -2.46. The Morgan fingerprint density at radius 2 is 1.81 bits per heavy atom. The van der Waals surface area contributed by atoms with Gasteiger partial charge in [-0.2, -0.15) is 0 Å². The summed E-state index contributed by atoms with van der Waals surface area (Å²) in [5, 5.41) is 0. The Hall–Kier alpha value is -1.65. The van der Waals surface area contributed by atoms with E-state index in [0.29, 0.717) is 24.1 Å². The van der Waals surface area contributed by atoms with Crippen LogP contribution < -0.4 is 11.2 Å². The van der Waals surface area contributed by atoms with Crippen molar-refractivity contribution in [2.75, 3.05) is 0 Å². The van der Waals surface area contributed by atoms with Gasteiger partial charge in [0.25, 0.3) is 5.56 Å². The van der Waals surface area contributed by atoms with Crippen LogP contribution in [0.1, 0.15) is 74.0 Å². The topological polar surface area (TPSA) is 61.1 Å². The summed E-state index contributed by atoms with van der Waals surface area (Å²) in [4.78, 5) is 37.6. The zero-order valence-electron chi connectivity index (χ0n) is 12.6. The van der Waals surface area contributed by atoms with Gasteiger partial charge >= 0.3 is 5.69 Å². The van der Waals surface area contributed by atoms with Crippen molar-refractivity contribution in [3.63, 3.8) is 0 Å². The van der Waals surface area contributed by atoms with Crippen molar-refractivity contribution < 1.29 is 4.79 Å². The maximum atomic E-state index is 12.8. The molecule has 0 atom stereocenters. The van der Waals surface area contributed by atoms with Crippen LogP contribution in [-0.4, -0.2) is 15.0 Å². The van der Waals surface area contributed by atoms with E-state index in [1.165, 1.54) is 9.13 Å². The zero-order chi connectivity index (χ0) is 15.0. The molecule has 0 bridgehead atoms. The molecule has 0 N–H and O–H groups in total. The van der Waals surface area contributed by atoms with E-state index in [1.807, 2.05) is 0 Å². The Morgan fingerprint density at radius 3 is 2.48 bits per heavy atom. The number of fused-ring (bicyclic) bond motifs is 1. The van der Waals surface area contributed by atoms with Crippen LogP contribution in [0.3, 0.4) is 0 Å². The highest BCUT2D eigenvalue weighted by molar-refractivity contribution is 5.79. The summed E-state index contributed by atoms with van der Waals surface area (Å²) in [7, 11) is 0. The van der Waals surface area contributed by atoms with E-state index in [1.54, 1.807) is 6.92 Å². The minimum absolute atomic E-state index is 0.0273. The van der Waals surface area contributed by atoms with Crippen molar-refractivity contribution in [2.45, 2.75) is 70.8 Å². The normalized spacial score (nSPS) is 18.7. The van der Waals surface area contributed by atoms with Crippen molar-refractivity contribution in [1.29, 1.82) is 0 Å². The smallest absolute Gasteiger partial charge is 0.274 e. The molecule has 2 aliphatic rings. The second-order valence-electron chi connectivity index (χ2n) is 6.11. The molecule has 2 aliphatic carbocycles. The Morgan fingerprint density at radius 1 is 1.10 bits per heavy atom. The highest BCUT2D eigenvalue weighted by Gasteiger charge is 2.28. The van der Waals surface area contributed by atoms with Crippen molar-refractivity contribution in [3.8, 4) is 0 Å². The molecule has 0 saturated heterocycles. The van der Waals surface area contributed by atoms with Crippen molar-refractivity contribution in [2.24, 2.45) is 0 Å². The molecule has 1 aromatic heterocycles. The molecule has 0 unspecified atom stereocenters. The van der Waals surface area contributed by atoms with E-state index in [2.05, 4.69) is 0 Å². The predicted molar refractivity (Wildman–Crippen MR) is 80.0 cm³/mol. The molecule has 0 amide bonds. The van der Waals surface area contributed by atoms with E-state index in [0.717, 1.165) is 38.5 Å². The van der Waals surface area contributed by atoms with Gasteiger partial charge in [-0.25, -0.2) is 9.36 Å². The summed E-state index contributed by atoms with van der Waals surface area (Å²) >= 11 is 0. The standard InChI is InChI=1S/C16H22N2O3/c1-2-14(19)18-13-10-6-9-12(13)15(20)17(16(18)21)11-7-4-3-5-8-11/h11H,2-10H2,1H3. The number of hydrogen-bond donors (Lipinski definition) is 0. The van der Waals surface area contributed by atoms with Crippen molar-refractivity contribution in [1.82, 2.24) is 9.13 Å². The molecule has 1 saturated carbocycles. The van der Waals surface area contributed by atoms with E-state index >= 15 is 0 Å². The number of nitrogens with zero attached hydrogens (tertiary/aromatic N) is 2. The van der Waals surface area contributed by atoms with E-state index in [4.69, 9.17) is 0 Å². The number of hydrogen-bond acceptors (Lipinski definition) is 3. The van der Waals surface area contributed by atoms with Gasteiger partial charge in [-0.3, -0.25) is 14.2 Å². The lowest BCUT2D eigenvalue weighted by atomic mass is 9.95. The molecule has 0 aromatic carbocycles. The number of carbonyl (C=O) groups is 1. The first kappa shape index (κ1) is 14.3. The van der Waals surface area contributed by atoms with Gasteiger partial charge in [0.15, 0.2) is 0 Å². The molecule has 0 aliphatic heterocycles. The fourth-order valence-electron chi connectivity index (χ4n) is 3.74. The summed E-state index contributed by atoms with van der Waals surface area (Å²) in [5.74, 6) is -0.192. The zero-order valence-corrected chi connectivity index (χ0v) is 12.6. The molecule has 3 rings (SSSR count). The monoisotopic (exact) mass is 290 g/mol. The number of carbonyl (C=O) groups excluding carboxylic acids is 1. The van der Waals surface area contributed by atoms with Crippen LogP contribution in [0.2, 0.25) is 0 Å². The maximum Gasteiger partial charge on any atom is 0.338 e. The van der Waals surface area contributed by atoms with Crippen LogP contribution in [0.15, 0.2) is 9.59 Å². The second kappa shape index (κ2) is 5.62. The van der Waals surface area contributed by atoms with Gasteiger partial charge < -0.3 is 0 Å². The quantitative estimate of drug-likeness (QED) is 0.837. The Balaban J connectivity index is 2.23. The number of aromatic nitrogens is 2. The van der Waals surface area contributed by atoms with Crippen molar-refractivity contribution in [3.05, 3.63) is 32.1 Å². The molecule has 1 aromatic rings. The summed E-state index contributed by atoms with van der Waals surface area (Å²) in [6.45, 7) is 1.76. The molecule has 1 fully saturated rings. The van der Waals surface area contributed by atoms with Crippen LogP contribution in [0.5, 0.6) is 0 Å². The Bertz CT molecular complexity index is 678. The molecule has 5 heteroatoms. The molecule has 0 radical (unpaired) electrons. The highest BCUT2D eigenvalue weighted by Crippen LogP contribution is 2.27.